The fraction of sp³-hybridized carbons (Fsp3) is 0.500. The van der Waals surface area contributed by atoms with Crippen molar-refractivity contribution in [2.24, 2.45) is 5.92 Å². The predicted octanol–water partition coefficient (Wildman–Crippen LogP) is 3.74. The van der Waals surface area contributed by atoms with Gasteiger partial charge in [0.1, 0.15) is 0 Å². The molecule has 21 heavy (non-hydrogen) atoms. The first kappa shape index (κ1) is 16.4. The van der Waals surface area contributed by atoms with E-state index in [4.69, 9.17) is 4.98 Å². The summed E-state index contributed by atoms with van der Waals surface area (Å²) in [4.78, 5) is 4.73. The van der Waals surface area contributed by atoms with Gasteiger partial charge in [0.05, 0.1) is 9.77 Å². The number of pyridine rings is 1. The van der Waals surface area contributed by atoms with E-state index < -0.39 is 0 Å². The average Bonchev–Trinajstić information content (AvgIpc) is 2.84. The molecule has 2 rings (SSSR count). The summed E-state index contributed by atoms with van der Waals surface area (Å²) in [7, 11) is 0. The molecule has 0 fully saturated rings. The van der Waals surface area contributed by atoms with Crippen LogP contribution in [-0.2, 0) is 6.54 Å². The average molecular weight is 398 g/mol. The summed E-state index contributed by atoms with van der Waals surface area (Å²) in [6.07, 6.45) is 3.85. The first-order valence-corrected chi connectivity index (χ1v) is 8.45. The maximum absolute atomic E-state index is 4.73. The molecule has 1 N–H and O–H groups in total. The molecule has 0 atom stereocenters. The maximum Gasteiger partial charge on any atom is 0.153 e. The molecule has 0 aliphatic carbocycles. The van der Waals surface area contributed by atoms with Crippen LogP contribution in [0.25, 0.3) is 5.82 Å². The lowest BCUT2D eigenvalue weighted by molar-refractivity contribution is 0.551. The Morgan fingerprint density at radius 2 is 2.00 bits per heavy atom. The van der Waals surface area contributed by atoms with Crippen LogP contribution in [0.5, 0.6) is 0 Å². The third-order valence-corrected chi connectivity index (χ3v) is 3.71. The minimum absolute atomic E-state index is 0.406. The SMILES string of the molecule is CC(C)CNCc1cc(C(C)C)nc(-n2cc(I)cn2)c1. The first-order chi connectivity index (χ1) is 9.95. The number of nitrogens with zero attached hydrogens (tertiary/aromatic N) is 3. The molecule has 0 radical (unpaired) electrons. The zero-order chi connectivity index (χ0) is 15.4. The van der Waals surface area contributed by atoms with Gasteiger partial charge in [-0.05, 0) is 58.7 Å². The van der Waals surface area contributed by atoms with Gasteiger partial charge in [-0.15, -0.1) is 0 Å². The van der Waals surface area contributed by atoms with Gasteiger partial charge in [-0.3, -0.25) is 0 Å². The van der Waals surface area contributed by atoms with Crippen molar-refractivity contribution >= 4 is 22.6 Å². The number of aromatic nitrogens is 3. The summed E-state index contributed by atoms with van der Waals surface area (Å²) in [5.41, 5.74) is 2.37. The second-order valence-electron chi connectivity index (χ2n) is 6.04. The van der Waals surface area contributed by atoms with Gasteiger partial charge in [0, 0.05) is 18.4 Å². The summed E-state index contributed by atoms with van der Waals surface area (Å²) in [5, 5.41) is 7.85. The van der Waals surface area contributed by atoms with Crippen molar-refractivity contribution < 1.29 is 0 Å². The van der Waals surface area contributed by atoms with Crippen LogP contribution in [-0.4, -0.2) is 21.3 Å². The van der Waals surface area contributed by atoms with E-state index in [1.807, 2.05) is 17.1 Å². The number of halogens is 1. The van der Waals surface area contributed by atoms with E-state index in [-0.39, 0.29) is 0 Å². The zero-order valence-corrected chi connectivity index (χ0v) is 15.3. The van der Waals surface area contributed by atoms with Gasteiger partial charge >= 0.3 is 0 Å². The van der Waals surface area contributed by atoms with E-state index in [1.165, 1.54) is 5.56 Å². The molecular weight excluding hydrogens is 375 g/mol. The first-order valence-electron chi connectivity index (χ1n) is 7.38. The quantitative estimate of drug-likeness (QED) is 0.754. The smallest absolute Gasteiger partial charge is 0.153 e. The largest absolute Gasteiger partial charge is 0.312 e. The Morgan fingerprint density at radius 1 is 1.24 bits per heavy atom. The van der Waals surface area contributed by atoms with Crippen molar-refractivity contribution in [3.8, 4) is 5.82 Å². The molecule has 0 spiro atoms. The molecular formula is C16H23IN4. The van der Waals surface area contributed by atoms with E-state index in [2.05, 4.69) is 72.8 Å². The van der Waals surface area contributed by atoms with Gasteiger partial charge in [-0.25, -0.2) is 9.67 Å². The molecule has 0 unspecified atom stereocenters. The van der Waals surface area contributed by atoms with Gasteiger partial charge in [-0.2, -0.15) is 5.10 Å². The molecule has 2 heterocycles. The van der Waals surface area contributed by atoms with Crippen molar-refractivity contribution in [1.82, 2.24) is 20.1 Å². The lowest BCUT2D eigenvalue weighted by Crippen LogP contribution is -2.19. The fourth-order valence-corrected chi connectivity index (χ4v) is 2.43. The monoisotopic (exact) mass is 398 g/mol. The highest BCUT2D eigenvalue weighted by atomic mass is 127. The Hall–Kier alpha value is -0.950. The van der Waals surface area contributed by atoms with E-state index in [1.54, 1.807) is 0 Å². The van der Waals surface area contributed by atoms with Crippen molar-refractivity contribution in [2.75, 3.05) is 6.54 Å². The standard InChI is InChI=1S/C16H23IN4/c1-11(2)7-18-8-13-5-15(12(3)4)20-16(6-13)21-10-14(17)9-19-21/h5-6,9-12,18H,7-8H2,1-4H3. The van der Waals surface area contributed by atoms with Crippen molar-refractivity contribution in [2.45, 2.75) is 40.2 Å². The van der Waals surface area contributed by atoms with Gasteiger partial charge in [0.25, 0.3) is 0 Å². The highest BCUT2D eigenvalue weighted by molar-refractivity contribution is 14.1. The van der Waals surface area contributed by atoms with Crippen LogP contribution in [0.4, 0.5) is 0 Å². The second kappa shape index (κ2) is 7.35. The molecule has 2 aromatic rings. The molecule has 0 bridgehead atoms. The molecule has 0 aliphatic rings. The summed E-state index contributed by atoms with van der Waals surface area (Å²) in [6, 6.07) is 4.30. The van der Waals surface area contributed by atoms with Gasteiger partial charge in [0.2, 0.25) is 0 Å². The molecule has 2 aromatic heterocycles. The number of nitrogens with one attached hydrogen (secondary N) is 1. The molecule has 5 heteroatoms. The van der Waals surface area contributed by atoms with Crippen LogP contribution in [0.15, 0.2) is 24.5 Å². The molecule has 114 valence electrons. The number of hydrogen-bond acceptors (Lipinski definition) is 3. The number of hydrogen-bond donors (Lipinski definition) is 1. The highest BCUT2D eigenvalue weighted by Gasteiger charge is 2.09. The van der Waals surface area contributed by atoms with Crippen LogP contribution in [0.3, 0.4) is 0 Å². The lowest BCUT2D eigenvalue weighted by atomic mass is 10.1. The highest BCUT2D eigenvalue weighted by Crippen LogP contribution is 2.17. The topological polar surface area (TPSA) is 42.7 Å². The van der Waals surface area contributed by atoms with Gasteiger partial charge in [-0.1, -0.05) is 27.7 Å². The van der Waals surface area contributed by atoms with Gasteiger partial charge < -0.3 is 5.32 Å². The maximum atomic E-state index is 4.73. The summed E-state index contributed by atoms with van der Waals surface area (Å²) in [5.74, 6) is 1.96. The summed E-state index contributed by atoms with van der Waals surface area (Å²) >= 11 is 2.26. The molecule has 4 nitrogen and oxygen atoms in total. The Balaban J connectivity index is 2.26. The number of rotatable bonds is 6. The van der Waals surface area contributed by atoms with Crippen LogP contribution >= 0.6 is 22.6 Å². The Kier molecular flexibility index (Phi) is 5.75. The van der Waals surface area contributed by atoms with Crippen LogP contribution in [0.1, 0.15) is 44.9 Å². The molecule has 0 saturated carbocycles. The summed E-state index contributed by atoms with van der Waals surface area (Å²) in [6.45, 7) is 10.7. The van der Waals surface area contributed by atoms with E-state index in [0.717, 1.165) is 28.2 Å². The fourth-order valence-electron chi connectivity index (χ4n) is 2.04. The molecule has 0 aliphatic heterocycles. The van der Waals surface area contributed by atoms with E-state index >= 15 is 0 Å². The normalized spacial score (nSPS) is 11.6. The summed E-state index contributed by atoms with van der Waals surface area (Å²) < 4.78 is 2.96. The van der Waals surface area contributed by atoms with Crippen molar-refractivity contribution in [3.63, 3.8) is 0 Å². The third kappa shape index (κ3) is 4.78. The molecule has 0 saturated heterocycles. The Morgan fingerprint density at radius 3 is 2.57 bits per heavy atom. The predicted molar refractivity (Wildman–Crippen MR) is 94.7 cm³/mol. The van der Waals surface area contributed by atoms with Crippen molar-refractivity contribution in [1.29, 1.82) is 0 Å². The zero-order valence-electron chi connectivity index (χ0n) is 13.1. The Labute approximate surface area is 140 Å². The molecule has 0 aromatic carbocycles. The second-order valence-corrected chi connectivity index (χ2v) is 7.29. The van der Waals surface area contributed by atoms with Crippen molar-refractivity contribution in [3.05, 3.63) is 39.4 Å². The van der Waals surface area contributed by atoms with Gasteiger partial charge in [0.15, 0.2) is 5.82 Å². The minimum Gasteiger partial charge on any atom is -0.312 e. The van der Waals surface area contributed by atoms with Crippen LogP contribution < -0.4 is 5.32 Å². The van der Waals surface area contributed by atoms with E-state index in [0.29, 0.717) is 11.8 Å². The Bertz CT molecular complexity index is 590. The minimum atomic E-state index is 0.406. The van der Waals surface area contributed by atoms with E-state index in [9.17, 15) is 0 Å². The van der Waals surface area contributed by atoms with Crippen LogP contribution in [0.2, 0.25) is 0 Å². The van der Waals surface area contributed by atoms with Crippen LogP contribution in [0, 0.1) is 9.49 Å². The third-order valence-electron chi connectivity index (χ3n) is 3.15. The lowest BCUT2D eigenvalue weighted by Gasteiger charge is -2.12. The molecule has 0 amide bonds.